The SMILES string of the molecule is CC1CCCN(C(=O)N(C)CC(=O)NC2CC2)C1C(=O)O. The number of nitrogens with one attached hydrogen (secondary N) is 1. The topological polar surface area (TPSA) is 90.0 Å². The summed E-state index contributed by atoms with van der Waals surface area (Å²) in [4.78, 5) is 38.2. The molecule has 3 amide bonds. The number of carboxylic acids is 1. The van der Waals surface area contributed by atoms with E-state index in [1.165, 1.54) is 16.8 Å². The number of hydrogen-bond donors (Lipinski definition) is 2. The Morgan fingerprint density at radius 1 is 1.29 bits per heavy atom. The molecule has 1 heterocycles. The van der Waals surface area contributed by atoms with Gasteiger partial charge < -0.3 is 20.2 Å². The Morgan fingerprint density at radius 2 is 1.95 bits per heavy atom. The van der Waals surface area contributed by atoms with Crippen LogP contribution in [0, 0.1) is 5.92 Å². The van der Waals surface area contributed by atoms with Crippen LogP contribution >= 0.6 is 0 Å². The van der Waals surface area contributed by atoms with Gasteiger partial charge in [-0.1, -0.05) is 6.92 Å². The van der Waals surface area contributed by atoms with Crippen molar-refractivity contribution in [1.82, 2.24) is 15.1 Å². The van der Waals surface area contributed by atoms with Crippen molar-refractivity contribution in [2.24, 2.45) is 5.92 Å². The van der Waals surface area contributed by atoms with Gasteiger partial charge in [-0.3, -0.25) is 4.79 Å². The molecule has 0 spiro atoms. The summed E-state index contributed by atoms with van der Waals surface area (Å²) in [5.41, 5.74) is 0. The minimum atomic E-state index is -0.980. The molecular formula is C14H23N3O4. The van der Waals surface area contributed by atoms with Gasteiger partial charge in [-0.25, -0.2) is 9.59 Å². The van der Waals surface area contributed by atoms with Crippen molar-refractivity contribution in [2.45, 2.75) is 44.7 Å². The van der Waals surface area contributed by atoms with E-state index in [1.807, 2.05) is 6.92 Å². The molecule has 0 aromatic heterocycles. The third-order valence-electron chi connectivity index (χ3n) is 4.08. The molecule has 1 saturated heterocycles. The van der Waals surface area contributed by atoms with E-state index >= 15 is 0 Å². The number of likely N-dealkylation sites (tertiary alicyclic amines) is 1. The molecule has 7 nitrogen and oxygen atoms in total. The average Bonchev–Trinajstić information content (AvgIpc) is 3.20. The van der Waals surface area contributed by atoms with Crippen LogP contribution in [0.5, 0.6) is 0 Å². The Kier molecular flexibility index (Phi) is 4.69. The van der Waals surface area contributed by atoms with Gasteiger partial charge in [0, 0.05) is 19.6 Å². The molecule has 0 aromatic rings. The second kappa shape index (κ2) is 6.32. The average molecular weight is 297 g/mol. The fraction of sp³-hybridized carbons (Fsp3) is 0.786. The highest BCUT2D eigenvalue weighted by molar-refractivity contribution is 5.87. The van der Waals surface area contributed by atoms with Crippen molar-refractivity contribution in [2.75, 3.05) is 20.1 Å². The second-order valence-corrected chi connectivity index (χ2v) is 6.08. The number of carbonyl (C=O) groups is 3. The van der Waals surface area contributed by atoms with Gasteiger partial charge in [0.05, 0.1) is 0 Å². The van der Waals surface area contributed by atoms with Gasteiger partial charge in [0.1, 0.15) is 12.6 Å². The monoisotopic (exact) mass is 297 g/mol. The summed E-state index contributed by atoms with van der Waals surface area (Å²) in [5, 5.41) is 12.1. The fourth-order valence-electron chi connectivity index (χ4n) is 2.78. The van der Waals surface area contributed by atoms with E-state index in [4.69, 9.17) is 0 Å². The molecule has 0 aromatic carbocycles. The Balaban J connectivity index is 1.95. The summed E-state index contributed by atoms with van der Waals surface area (Å²) in [7, 11) is 1.53. The van der Waals surface area contributed by atoms with Crippen molar-refractivity contribution in [3.63, 3.8) is 0 Å². The number of carboxylic acid groups (broad SMARTS) is 1. The molecule has 21 heavy (non-hydrogen) atoms. The van der Waals surface area contributed by atoms with E-state index < -0.39 is 12.0 Å². The minimum absolute atomic E-state index is 0.0352. The largest absolute Gasteiger partial charge is 0.480 e. The maximum atomic E-state index is 12.4. The summed E-state index contributed by atoms with van der Waals surface area (Å²) < 4.78 is 0. The standard InChI is InChI=1S/C14H23N3O4/c1-9-4-3-7-17(12(9)13(19)20)14(21)16(2)8-11(18)15-10-5-6-10/h9-10,12H,3-8H2,1-2H3,(H,15,18)(H,19,20). The lowest BCUT2D eigenvalue weighted by molar-refractivity contribution is -0.145. The van der Waals surface area contributed by atoms with Crippen molar-refractivity contribution >= 4 is 17.9 Å². The predicted molar refractivity (Wildman–Crippen MR) is 75.7 cm³/mol. The first-order chi connectivity index (χ1) is 9.90. The smallest absolute Gasteiger partial charge is 0.326 e. The van der Waals surface area contributed by atoms with Gasteiger partial charge in [0.15, 0.2) is 0 Å². The van der Waals surface area contributed by atoms with E-state index in [2.05, 4.69) is 5.32 Å². The van der Waals surface area contributed by atoms with Gasteiger partial charge >= 0.3 is 12.0 Å². The molecule has 2 aliphatic rings. The van der Waals surface area contributed by atoms with E-state index in [0.717, 1.165) is 25.7 Å². The third-order valence-corrected chi connectivity index (χ3v) is 4.08. The number of rotatable bonds is 4. The van der Waals surface area contributed by atoms with Crippen LogP contribution in [-0.4, -0.2) is 65.0 Å². The summed E-state index contributed by atoms with van der Waals surface area (Å²) in [6, 6.07) is -0.942. The number of carbonyl (C=O) groups excluding carboxylic acids is 2. The highest BCUT2D eigenvalue weighted by Gasteiger charge is 2.38. The van der Waals surface area contributed by atoms with Crippen molar-refractivity contribution in [3.05, 3.63) is 0 Å². The summed E-state index contributed by atoms with van der Waals surface area (Å²) in [5.74, 6) is -1.24. The van der Waals surface area contributed by atoms with Crippen LogP contribution in [0.3, 0.4) is 0 Å². The fourth-order valence-corrected chi connectivity index (χ4v) is 2.78. The Morgan fingerprint density at radius 3 is 2.52 bits per heavy atom. The number of amides is 3. The number of aliphatic carboxylic acids is 1. The lowest BCUT2D eigenvalue weighted by Gasteiger charge is -2.39. The summed E-state index contributed by atoms with van der Waals surface area (Å²) in [6.45, 7) is 2.24. The van der Waals surface area contributed by atoms with Crippen LogP contribution in [0.15, 0.2) is 0 Å². The number of piperidine rings is 1. The number of urea groups is 1. The molecule has 7 heteroatoms. The lowest BCUT2D eigenvalue weighted by Crippen LogP contribution is -2.56. The zero-order valence-corrected chi connectivity index (χ0v) is 12.5. The molecule has 0 bridgehead atoms. The molecule has 0 radical (unpaired) electrons. The third kappa shape index (κ3) is 3.86. The van der Waals surface area contributed by atoms with E-state index in [1.54, 1.807) is 0 Å². The van der Waals surface area contributed by atoms with Crippen LogP contribution in [0.4, 0.5) is 4.79 Å². The first kappa shape index (κ1) is 15.6. The molecule has 2 N–H and O–H groups in total. The van der Waals surface area contributed by atoms with Crippen molar-refractivity contribution in [3.8, 4) is 0 Å². The minimum Gasteiger partial charge on any atom is -0.480 e. The Bertz CT molecular complexity index is 436. The van der Waals surface area contributed by atoms with Crippen LogP contribution in [0.2, 0.25) is 0 Å². The van der Waals surface area contributed by atoms with Crippen molar-refractivity contribution < 1.29 is 19.5 Å². The maximum absolute atomic E-state index is 12.4. The van der Waals surface area contributed by atoms with Crippen molar-refractivity contribution in [1.29, 1.82) is 0 Å². The van der Waals surface area contributed by atoms with Gasteiger partial charge in [0.2, 0.25) is 5.91 Å². The molecule has 2 rings (SSSR count). The molecule has 1 aliphatic heterocycles. The van der Waals surface area contributed by atoms with Gasteiger partial charge in [0.25, 0.3) is 0 Å². The lowest BCUT2D eigenvalue weighted by atomic mass is 9.91. The summed E-state index contributed by atoms with van der Waals surface area (Å²) in [6.07, 6.45) is 3.58. The predicted octanol–water partition coefficient (Wildman–Crippen LogP) is 0.502. The molecule has 2 atom stereocenters. The summed E-state index contributed by atoms with van der Waals surface area (Å²) >= 11 is 0. The van der Waals surface area contributed by atoms with Crippen LogP contribution in [-0.2, 0) is 9.59 Å². The van der Waals surface area contributed by atoms with Gasteiger partial charge in [-0.15, -0.1) is 0 Å². The zero-order valence-electron chi connectivity index (χ0n) is 12.5. The number of likely N-dealkylation sites (N-methyl/N-ethyl adjacent to an activating group) is 1. The number of hydrogen-bond acceptors (Lipinski definition) is 3. The van der Waals surface area contributed by atoms with Gasteiger partial charge in [-0.2, -0.15) is 0 Å². The van der Waals surface area contributed by atoms with Gasteiger partial charge in [-0.05, 0) is 31.6 Å². The van der Waals surface area contributed by atoms with Crippen LogP contribution < -0.4 is 5.32 Å². The van der Waals surface area contributed by atoms with Crippen LogP contribution in [0.1, 0.15) is 32.6 Å². The first-order valence-electron chi connectivity index (χ1n) is 7.44. The Labute approximate surface area is 124 Å². The quantitative estimate of drug-likeness (QED) is 0.791. The maximum Gasteiger partial charge on any atom is 0.326 e. The molecule has 2 fully saturated rings. The molecule has 118 valence electrons. The molecule has 1 aliphatic carbocycles. The highest BCUT2D eigenvalue weighted by atomic mass is 16.4. The molecule has 2 unspecified atom stereocenters. The second-order valence-electron chi connectivity index (χ2n) is 6.08. The molecule has 1 saturated carbocycles. The Hall–Kier alpha value is -1.79. The van der Waals surface area contributed by atoms with E-state index in [9.17, 15) is 19.5 Å². The normalized spacial score (nSPS) is 25.3. The first-order valence-corrected chi connectivity index (χ1v) is 7.44. The van der Waals surface area contributed by atoms with E-state index in [-0.39, 0.29) is 30.4 Å². The van der Waals surface area contributed by atoms with E-state index in [0.29, 0.717) is 6.54 Å². The van der Waals surface area contributed by atoms with Crippen LogP contribution in [0.25, 0.3) is 0 Å². The molecular weight excluding hydrogens is 274 g/mol. The zero-order chi connectivity index (χ0) is 15.6. The highest BCUT2D eigenvalue weighted by Crippen LogP contribution is 2.24. The number of nitrogens with zero attached hydrogens (tertiary/aromatic N) is 2.